The first-order valence-corrected chi connectivity index (χ1v) is 10.7. The standard InChI is InChI=1S/C24H27BrO/c25-21-14-15-23(24(26)16-21)20-12-9-17(10-13-20)8-11-19-6-3-5-18-4-1-2-7-22(18)19/h3,5,8-9,11-13,16-17,19,26H,1-2,4,6-7,10,14-15H2/b11-8+. The highest BCUT2D eigenvalue weighted by atomic mass is 79.9. The molecule has 0 spiro atoms. The Bertz CT molecular complexity index is 785. The van der Waals surface area contributed by atoms with Crippen LogP contribution in [0.4, 0.5) is 0 Å². The molecule has 2 heteroatoms. The molecule has 0 aromatic carbocycles. The summed E-state index contributed by atoms with van der Waals surface area (Å²) in [5, 5.41) is 10.2. The molecule has 0 amide bonds. The fourth-order valence-corrected chi connectivity index (χ4v) is 4.93. The Morgan fingerprint density at radius 2 is 1.88 bits per heavy atom. The molecular formula is C24H27BrO. The molecule has 0 bridgehead atoms. The number of aliphatic hydroxyl groups excluding tert-OH is 1. The van der Waals surface area contributed by atoms with Gasteiger partial charge in [0.15, 0.2) is 0 Å². The molecule has 136 valence electrons. The molecule has 2 atom stereocenters. The molecule has 0 aromatic rings. The minimum Gasteiger partial charge on any atom is -0.508 e. The smallest absolute Gasteiger partial charge is 0.120 e. The normalized spacial score (nSPS) is 29.1. The van der Waals surface area contributed by atoms with E-state index in [1.807, 2.05) is 6.08 Å². The van der Waals surface area contributed by atoms with Gasteiger partial charge in [-0.1, -0.05) is 64.0 Å². The van der Waals surface area contributed by atoms with Crippen LogP contribution in [0.25, 0.3) is 0 Å². The van der Waals surface area contributed by atoms with Gasteiger partial charge in [-0.3, -0.25) is 0 Å². The van der Waals surface area contributed by atoms with E-state index in [9.17, 15) is 5.11 Å². The molecule has 1 N–H and O–H groups in total. The van der Waals surface area contributed by atoms with Gasteiger partial charge in [0.2, 0.25) is 0 Å². The van der Waals surface area contributed by atoms with Gasteiger partial charge in [0, 0.05) is 11.5 Å². The van der Waals surface area contributed by atoms with Crippen LogP contribution in [0, 0.1) is 11.8 Å². The van der Waals surface area contributed by atoms with E-state index in [1.54, 1.807) is 11.1 Å². The van der Waals surface area contributed by atoms with Gasteiger partial charge in [0.05, 0.1) is 0 Å². The summed E-state index contributed by atoms with van der Waals surface area (Å²) >= 11 is 3.48. The average molecular weight is 411 g/mol. The quantitative estimate of drug-likeness (QED) is 0.481. The topological polar surface area (TPSA) is 20.2 Å². The molecule has 0 heterocycles. The molecule has 0 aliphatic heterocycles. The number of halogens is 1. The van der Waals surface area contributed by atoms with Gasteiger partial charge in [-0.2, -0.15) is 0 Å². The van der Waals surface area contributed by atoms with Crippen LogP contribution in [0.5, 0.6) is 0 Å². The second-order valence-corrected chi connectivity index (χ2v) is 8.78. The van der Waals surface area contributed by atoms with E-state index in [0.29, 0.717) is 17.6 Å². The summed E-state index contributed by atoms with van der Waals surface area (Å²) < 4.78 is 1.08. The van der Waals surface area contributed by atoms with Crippen molar-refractivity contribution in [2.24, 2.45) is 11.8 Å². The van der Waals surface area contributed by atoms with Crippen molar-refractivity contribution in [1.82, 2.24) is 0 Å². The first-order chi connectivity index (χ1) is 12.7. The van der Waals surface area contributed by atoms with Crippen LogP contribution < -0.4 is 0 Å². The van der Waals surface area contributed by atoms with Crippen LogP contribution in [0.15, 0.2) is 81.1 Å². The van der Waals surface area contributed by atoms with Crippen LogP contribution in [0.2, 0.25) is 0 Å². The van der Waals surface area contributed by atoms with E-state index in [2.05, 4.69) is 58.5 Å². The molecule has 0 fully saturated rings. The Balaban J connectivity index is 1.41. The molecule has 26 heavy (non-hydrogen) atoms. The van der Waals surface area contributed by atoms with E-state index in [0.717, 1.165) is 35.7 Å². The van der Waals surface area contributed by atoms with Crippen LogP contribution in [0.1, 0.15) is 51.4 Å². The van der Waals surface area contributed by atoms with Crippen LogP contribution in [-0.2, 0) is 0 Å². The summed E-state index contributed by atoms with van der Waals surface area (Å²) in [7, 11) is 0. The minimum absolute atomic E-state index is 0.416. The summed E-state index contributed by atoms with van der Waals surface area (Å²) in [4.78, 5) is 0. The molecule has 0 aromatic heterocycles. The fourth-order valence-electron chi connectivity index (χ4n) is 4.51. The summed E-state index contributed by atoms with van der Waals surface area (Å²) in [5.74, 6) is 1.51. The van der Waals surface area contributed by atoms with Gasteiger partial charge < -0.3 is 5.11 Å². The third-order valence-corrected chi connectivity index (χ3v) is 6.63. The van der Waals surface area contributed by atoms with Crippen molar-refractivity contribution in [3.63, 3.8) is 0 Å². The molecule has 0 saturated heterocycles. The molecule has 4 aliphatic rings. The van der Waals surface area contributed by atoms with Gasteiger partial charge >= 0.3 is 0 Å². The highest BCUT2D eigenvalue weighted by molar-refractivity contribution is 9.11. The lowest BCUT2D eigenvalue weighted by Crippen LogP contribution is -2.11. The third kappa shape index (κ3) is 3.91. The average Bonchev–Trinajstić information content (AvgIpc) is 2.67. The third-order valence-electron chi connectivity index (χ3n) is 6.00. The zero-order chi connectivity index (χ0) is 17.9. The molecule has 2 unspecified atom stereocenters. The van der Waals surface area contributed by atoms with Crippen molar-refractivity contribution in [2.75, 3.05) is 0 Å². The monoisotopic (exact) mass is 410 g/mol. The SMILES string of the molecule is OC1=C(C2=CCC(/C=C/C3CC=CC4=C3CCCC4)C=C2)CCC(Br)=C1. The van der Waals surface area contributed by atoms with Crippen LogP contribution >= 0.6 is 15.9 Å². The number of allylic oxidation sites excluding steroid dienone is 13. The highest BCUT2D eigenvalue weighted by Gasteiger charge is 2.21. The molecule has 1 nitrogen and oxygen atoms in total. The number of rotatable bonds is 3. The van der Waals surface area contributed by atoms with Crippen LogP contribution in [0.3, 0.4) is 0 Å². The van der Waals surface area contributed by atoms with Crippen molar-refractivity contribution in [3.05, 3.63) is 81.1 Å². The van der Waals surface area contributed by atoms with Crippen molar-refractivity contribution < 1.29 is 5.11 Å². The zero-order valence-corrected chi connectivity index (χ0v) is 16.8. The lowest BCUT2D eigenvalue weighted by Gasteiger charge is -2.27. The van der Waals surface area contributed by atoms with Crippen molar-refractivity contribution in [1.29, 1.82) is 0 Å². The Morgan fingerprint density at radius 3 is 2.69 bits per heavy atom. The predicted molar refractivity (Wildman–Crippen MR) is 113 cm³/mol. The lowest BCUT2D eigenvalue weighted by atomic mass is 9.78. The Kier molecular flexibility index (Phi) is 5.49. The maximum Gasteiger partial charge on any atom is 0.120 e. The summed E-state index contributed by atoms with van der Waals surface area (Å²) in [6.07, 6.45) is 27.5. The predicted octanol–water partition coefficient (Wildman–Crippen LogP) is 7.38. The Morgan fingerprint density at radius 1 is 1.00 bits per heavy atom. The van der Waals surface area contributed by atoms with Crippen molar-refractivity contribution in [2.45, 2.75) is 51.4 Å². The van der Waals surface area contributed by atoms with E-state index in [4.69, 9.17) is 0 Å². The number of aliphatic hydroxyl groups is 1. The Labute approximate surface area is 165 Å². The maximum atomic E-state index is 10.2. The first kappa shape index (κ1) is 17.9. The molecule has 0 radical (unpaired) electrons. The summed E-state index contributed by atoms with van der Waals surface area (Å²) in [6, 6.07) is 0. The van der Waals surface area contributed by atoms with Gasteiger partial charge in [-0.05, 0) is 79.0 Å². The van der Waals surface area contributed by atoms with Gasteiger partial charge in [0.25, 0.3) is 0 Å². The van der Waals surface area contributed by atoms with E-state index in [1.165, 1.54) is 31.3 Å². The first-order valence-electron chi connectivity index (χ1n) is 9.94. The molecule has 4 aliphatic carbocycles. The molecule has 4 rings (SSSR count). The maximum absolute atomic E-state index is 10.2. The zero-order valence-electron chi connectivity index (χ0n) is 15.3. The van der Waals surface area contributed by atoms with Gasteiger partial charge in [-0.15, -0.1) is 0 Å². The largest absolute Gasteiger partial charge is 0.508 e. The van der Waals surface area contributed by atoms with Gasteiger partial charge in [-0.25, -0.2) is 0 Å². The van der Waals surface area contributed by atoms with Gasteiger partial charge in [0.1, 0.15) is 5.76 Å². The lowest BCUT2D eigenvalue weighted by molar-refractivity contribution is 0.420. The van der Waals surface area contributed by atoms with E-state index in [-0.39, 0.29) is 0 Å². The second-order valence-electron chi connectivity index (χ2n) is 7.76. The van der Waals surface area contributed by atoms with Crippen molar-refractivity contribution in [3.8, 4) is 0 Å². The van der Waals surface area contributed by atoms with Crippen LogP contribution in [-0.4, -0.2) is 5.11 Å². The molecule has 0 saturated carbocycles. The second kappa shape index (κ2) is 8.00. The number of hydrogen-bond acceptors (Lipinski definition) is 1. The van der Waals surface area contributed by atoms with E-state index >= 15 is 0 Å². The Hall–Kier alpha value is -1.54. The minimum atomic E-state index is 0.416. The summed E-state index contributed by atoms with van der Waals surface area (Å²) in [5.41, 5.74) is 5.58. The molecular weight excluding hydrogens is 384 g/mol. The highest BCUT2D eigenvalue weighted by Crippen LogP contribution is 2.37. The fraction of sp³-hybridized carbons (Fsp3) is 0.417. The van der Waals surface area contributed by atoms with Crippen molar-refractivity contribution >= 4 is 15.9 Å². The number of hydrogen-bond donors (Lipinski definition) is 1. The summed E-state index contributed by atoms with van der Waals surface area (Å²) in [6.45, 7) is 0. The van der Waals surface area contributed by atoms with E-state index < -0.39 is 0 Å².